The number of non-ortho nitro benzene ring substituents is 1. The molecule has 1 N–H and O–H groups in total. The smallest absolute Gasteiger partial charge is 0.411 e. The molecular weight excluding hydrogens is 381 g/mol. The number of halogens is 3. The van der Waals surface area contributed by atoms with Crippen LogP contribution in [-0.4, -0.2) is 30.2 Å². The van der Waals surface area contributed by atoms with E-state index in [1.807, 2.05) is 0 Å². The van der Waals surface area contributed by atoms with Crippen LogP contribution in [-0.2, 0) is 22.7 Å². The first kappa shape index (κ1) is 21.2. The molecule has 0 fully saturated rings. The van der Waals surface area contributed by atoms with Crippen molar-refractivity contribution in [3.05, 3.63) is 69.8 Å². The summed E-state index contributed by atoms with van der Waals surface area (Å²) >= 11 is 0. The molecule has 0 saturated heterocycles. The van der Waals surface area contributed by atoms with Crippen LogP contribution in [0.5, 0.6) is 5.75 Å². The molecule has 0 aliphatic heterocycles. The average molecular weight is 398 g/mol. The van der Waals surface area contributed by atoms with E-state index in [0.717, 1.165) is 5.56 Å². The maximum atomic E-state index is 12.0. The Morgan fingerprint density at radius 2 is 1.79 bits per heavy atom. The second kappa shape index (κ2) is 9.70. The molecule has 1 amide bonds. The number of hydrogen-bond donors (Lipinski definition) is 1. The summed E-state index contributed by atoms with van der Waals surface area (Å²) in [4.78, 5) is 21.9. The molecule has 0 heterocycles. The van der Waals surface area contributed by atoms with Gasteiger partial charge in [-0.05, 0) is 17.2 Å². The minimum Gasteiger partial charge on any atom is -0.484 e. The molecule has 0 aliphatic rings. The Kier molecular flexibility index (Phi) is 7.33. The largest absolute Gasteiger partial charge is 0.484 e. The number of hydrogen-bond acceptors (Lipinski definition) is 5. The van der Waals surface area contributed by atoms with Crippen molar-refractivity contribution in [3.8, 4) is 5.75 Å². The zero-order valence-corrected chi connectivity index (χ0v) is 14.6. The summed E-state index contributed by atoms with van der Waals surface area (Å²) in [6.07, 6.45) is -4.36. The maximum absolute atomic E-state index is 12.0. The van der Waals surface area contributed by atoms with Gasteiger partial charge in [-0.2, -0.15) is 13.2 Å². The molecule has 0 aromatic heterocycles. The van der Waals surface area contributed by atoms with Crippen LogP contribution in [0.1, 0.15) is 11.1 Å². The summed E-state index contributed by atoms with van der Waals surface area (Å²) in [6.45, 7) is -1.59. The van der Waals surface area contributed by atoms with Crippen LogP contribution in [0.25, 0.3) is 0 Å². The molecular formula is C18H17F3N2O5. The van der Waals surface area contributed by atoms with Crippen molar-refractivity contribution < 1.29 is 32.4 Å². The van der Waals surface area contributed by atoms with Crippen molar-refractivity contribution in [2.24, 2.45) is 0 Å². The fourth-order valence-electron chi connectivity index (χ4n) is 2.13. The van der Waals surface area contributed by atoms with Crippen LogP contribution in [0, 0.1) is 10.1 Å². The van der Waals surface area contributed by atoms with Gasteiger partial charge < -0.3 is 14.8 Å². The van der Waals surface area contributed by atoms with Crippen LogP contribution < -0.4 is 10.1 Å². The van der Waals surface area contributed by atoms with Gasteiger partial charge in [0.05, 0.1) is 17.6 Å². The van der Waals surface area contributed by atoms with E-state index in [1.54, 1.807) is 24.3 Å². The lowest BCUT2D eigenvalue weighted by atomic mass is 10.1. The molecule has 2 aromatic rings. The van der Waals surface area contributed by atoms with Gasteiger partial charge in [-0.25, -0.2) is 0 Å². The number of benzene rings is 2. The predicted octanol–water partition coefficient (Wildman–Crippen LogP) is 3.37. The summed E-state index contributed by atoms with van der Waals surface area (Å²) in [5.74, 6) is -0.225. The number of rotatable bonds is 9. The second-order valence-corrected chi connectivity index (χ2v) is 5.74. The first-order valence-corrected chi connectivity index (χ1v) is 8.09. The minimum atomic E-state index is -4.36. The summed E-state index contributed by atoms with van der Waals surface area (Å²) in [5.41, 5.74) is 1.17. The number of amides is 1. The first-order valence-electron chi connectivity index (χ1n) is 8.09. The Bertz CT molecular complexity index is 810. The van der Waals surface area contributed by atoms with E-state index in [2.05, 4.69) is 10.1 Å². The van der Waals surface area contributed by atoms with Gasteiger partial charge in [0, 0.05) is 12.6 Å². The summed E-state index contributed by atoms with van der Waals surface area (Å²) in [6, 6.07) is 12.0. The molecule has 0 aliphatic carbocycles. The third kappa shape index (κ3) is 7.62. The van der Waals surface area contributed by atoms with Crippen molar-refractivity contribution in [1.82, 2.24) is 5.32 Å². The van der Waals surface area contributed by atoms with Crippen molar-refractivity contribution in [2.75, 3.05) is 13.2 Å². The van der Waals surface area contributed by atoms with Gasteiger partial charge in [0.2, 0.25) is 0 Å². The normalized spacial score (nSPS) is 11.1. The Labute approximate surface area is 158 Å². The van der Waals surface area contributed by atoms with Gasteiger partial charge in [0.1, 0.15) is 12.4 Å². The first-order chi connectivity index (χ1) is 13.2. The molecule has 150 valence electrons. The van der Waals surface area contributed by atoms with Gasteiger partial charge in [-0.3, -0.25) is 14.9 Å². The molecule has 2 aromatic carbocycles. The fourth-order valence-corrected chi connectivity index (χ4v) is 2.13. The third-order valence-electron chi connectivity index (χ3n) is 3.45. The number of carbonyl (C=O) groups excluding carboxylic acids is 1. The molecule has 28 heavy (non-hydrogen) atoms. The predicted molar refractivity (Wildman–Crippen MR) is 92.6 cm³/mol. The highest BCUT2D eigenvalue weighted by Gasteiger charge is 2.27. The van der Waals surface area contributed by atoms with Crippen LogP contribution in [0.2, 0.25) is 0 Å². The number of ether oxygens (including phenoxy) is 2. The highest BCUT2D eigenvalue weighted by atomic mass is 19.4. The zero-order chi connectivity index (χ0) is 20.6. The minimum absolute atomic E-state index is 0.141. The van der Waals surface area contributed by atoms with E-state index in [4.69, 9.17) is 4.74 Å². The molecule has 0 atom stereocenters. The van der Waals surface area contributed by atoms with Crippen molar-refractivity contribution in [3.63, 3.8) is 0 Å². The average Bonchev–Trinajstić information content (AvgIpc) is 2.65. The Hall–Kier alpha value is -3.14. The van der Waals surface area contributed by atoms with Crippen LogP contribution >= 0.6 is 0 Å². The number of nitro benzene ring substituents is 1. The van der Waals surface area contributed by atoms with Gasteiger partial charge in [-0.15, -0.1) is 0 Å². The molecule has 0 unspecified atom stereocenters. The Morgan fingerprint density at radius 1 is 1.11 bits per heavy atom. The molecule has 0 saturated carbocycles. The van der Waals surface area contributed by atoms with Crippen LogP contribution in [0.4, 0.5) is 18.9 Å². The molecule has 0 bridgehead atoms. The monoisotopic (exact) mass is 398 g/mol. The van der Waals surface area contributed by atoms with E-state index in [1.165, 1.54) is 24.3 Å². The van der Waals surface area contributed by atoms with E-state index in [-0.39, 0.29) is 31.2 Å². The third-order valence-corrected chi connectivity index (χ3v) is 3.45. The van der Waals surface area contributed by atoms with Gasteiger partial charge in [-0.1, -0.05) is 30.3 Å². The summed E-state index contributed by atoms with van der Waals surface area (Å²) in [5, 5.41) is 13.3. The number of nitrogens with one attached hydrogen (secondary N) is 1. The lowest BCUT2D eigenvalue weighted by molar-refractivity contribution is -0.384. The molecule has 2 rings (SSSR count). The van der Waals surface area contributed by atoms with E-state index in [9.17, 15) is 28.1 Å². The second-order valence-electron chi connectivity index (χ2n) is 5.74. The topological polar surface area (TPSA) is 90.7 Å². The number of carbonyl (C=O) groups is 1. The standard InChI is InChI=1S/C18H17F3N2O5/c19-18(20,21)12-27-10-14-6-4-13(5-7-14)9-22-17(24)11-28-16-3-1-2-15(8-16)23(25)26/h1-8H,9-12H2,(H,22,24). The highest BCUT2D eigenvalue weighted by molar-refractivity contribution is 5.77. The number of nitrogens with zero attached hydrogens (tertiary/aromatic N) is 1. The van der Waals surface area contributed by atoms with Crippen LogP contribution in [0.3, 0.4) is 0 Å². The van der Waals surface area contributed by atoms with Crippen LogP contribution in [0.15, 0.2) is 48.5 Å². The zero-order valence-electron chi connectivity index (χ0n) is 14.6. The van der Waals surface area contributed by atoms with Crippen molar-refractivity contribution in [1.29, 1.82) is 0 Å². The highest BCUT2D eigenvalue weighted by Crippen LogP contribution is 2.19. The summed E-state index contributed by atoms with van der Waals surface area (Å²) < 4.78 is 45.8. The molecule has 0 spiro atoms. The molecule has 7 nitrogen and oxygen atoms in total. The summed E-state index contributed by atoms with van der Waals surface area (Å²) in [7, 11) is 0. The van der Waals surface area contributed by atoms with E-state index in [0.29, 0.717) is 5.56 Å². The Morgan fingerprint density at radius 3 is 2.43 bits per heavy atom. The SMILES string of the molecule is O=C(COc1cccc([N+](=O)[O-])c1)NCc1ccc(COCC(F)(F)F)cc1. The van der Waals surface area contributed by atoms with Gasteiger partial charge in [0.15, 0.2) is 6.61 Å². The molecule has 0 radical (unpaired) electrons. The maximum Gasteiger partial charge on any atom is 0.411 e. The van der Waals surface area contributed by atoms with Gasteiger partial charge in [0.25, 0.3) is 11.6 Å². The van der Waals surface area contributed by atoms with Gasteiger partial charge >= 0.3 is 6.18 Å². The number of alkyl halides is 3. The number of nitro groups is 1. The van der Waals surface area contributed by atoms with Crippen molar-refractivity contribution >= 4 is 11.6 Å². The lowest BCUT2D eigenvalue weighted by Gasteiger charge is -2.09. The van der Waals surface area contributed by atoms with E-state index >= 15 is 0 Å². The van der Waals surface area contributed by atoms with Crippen molar-refractivity contribution in [2.45, 2.75) is 19.3 Å². The lowest BCUT2D eigenvalue weighted by Crippen LogP contribution is -2.28. The fraction of sp³-hybridized carbons (Fsp3) is 0.278. The quantitative estimate of drug-likeness (QED) is 0.517. The van der Waals surface area contributed by atoms with E-state index < -0.39 is 23.6 Å². The molecule has 10 heteroatoms. The Balaban J connectivity index is 1.73.